The van der Waals surface area contributed by atoms with Crippen LogP contribution in [-0.4, -0.2) is 16.8 Å². The van der Waals surface area contributed by atoms with E-state index in [0.717, 1.165) is 11.1 Å². The van der Waals surface area contributed by atoms with E-state index >= 15 is 0 Å². The van der Waals surface area contributed by atoms with Crippen molar-refractivity contribution in [3.63, 3.8) is 0 Å². The van der Waals surface area contributed by atoms with Crippen LogP contribution in [0.1, 0.15) is 44.8 Å². The Kier molecular flexibility index (Phi) is 6.40. The number of hydrogen-bond acceptors (Lipinski definition) is 3. The molecular weight excluding hydrogens is 374 g/mol. The number of rotatable bonds is 6. The van der Waals surface area contributed by atoms with E-state index < -0.39 is 0 Å². The van der Waals surface area contributed by atoms with Crippen molar-refractivity contribution in [2.75, 3.05) is 0 Å². The van der Waals surface area contributed by atoms with Gasteiger partial charge in [-0.25, -0.2) is 0 Å². The monoisotopic (exact) mass is 393 g/mol. The van der Waals surface area contributed by atoms with Crippen molar-refractivity contribution < 1.29 is 9.59 Å². The molecule has 28 heavy (non-hydrogen) atoms. The van der Waals surface area contributed by atoms with E-state index in [1.54, 1.807) is 6.07 Å². The van der Waals surface area contributed by atoms with Gasteiger partial charge in [0.1, 0.15) is 0 Å². The molecule has 0 aliphatic heterocycles. The third kappa shape index (κ3) is 4.96. The fourth-order valence-electron chi connectivity index (χ4n) is 2.71. The number of aromatic nitrogens is 1. The van der Waals surface area contributed by atoms with Gasteiger partial charge in [-0.2, -0.15) is 0 Å². The average molecular weight is 394 g/mol. The molecule has 0 aliphatic carbocycles. The van der Waals surface area contributed by atoms with Gasteiger partial charge in [0.15, 0.2) is 0 Å². The lowest BCUT2D eigenvalue weighted by Crippen LogP contribution is -2.28. The van der Waals surface area contributed by atoms with Crippen molar-refractivity contribution >= 4 is 23.4 Å². The highest BCUT2D eigenvalue weighted by molar-refractivity contribution is 6.31. The van der Waals surface area contributed by atoms with Crippen molar-refractivity contribution in [3.8, 4) is 0 Å². The summed E-state index contributed by atoms with van der Waals surface area (Å²) in [6.45, 7) is 2.20. The quantitative estimate of drug-likeness (QED) is 0.660. The molecule has 3 aromatic rings. The molecule has 3 rings (SSSR count). The summed E-state index contributed by atoms with van der Waals surface area (Å²) in [5, 5.41) is 6.30. The van der Waals surface area contributed by atoms with Crippen LogP contribution in [0.3, 0.4) is 0 Å². The molecule has 2 aromatic carbocycles. The number of hydrogen-bond donors (Lipinski definition) is 2. The zero-order chi connectivity index (χ0) is 19.9. The lowest BCUT2D eigenvalue weighted by molar-refractivity contribution is 0.0939. The third-order valence-corrected chi connectivity index (χ3v) is 4.68. The van der Waals surface area contributed by atoms with Crippen molar-refractivity contribution in [1.82, 2.24) is 15.6 Å². The van der Waals surface area contributed by atoms with E-state index in [4.69, 9.17) is 11.6 Å². The highest BCUT2D eigenvalue weighted by Gasteiger charge is 2.14. The van der Waals surface area contributed by atoms with E-state index in [1.165, 1.54) is 18.5 Å². The number of carbonyl (C=O) groups excluding carboxylic acids is 2. The lowest BCUT2D eigenvalue weighted by atomic mass is 10.1. The van der Waals surface area contributed by atoms with Gasteiger partial charge in [0.2, 0.25) is 0 Å². The summed E-state index contributed by atoms with van der Waals surface area (Å²) in [7, 11) is 0. The van der Waals surface area contributed by atoms with Crippen LogP contribution in [0.5, 0.6) is 0 Å². The minimum absolute atomic E-state index is 0.161. The van der Waals surface area contributed by atoms with E-state index in [-0.39, 0.29) is 17.9 Å². The number of halogens is 1. The fraction of sp³-hybridized carbons (Fsp3) is 0.136. The Morgan fingerprint density at radius 1 is 0.964 bits per heavy atom. The van der Waals surface area contributed by atoms with Gasteiger partial charge >= 0.3 is 0 Å². The molecule has 1 heterocycles. The van der Waals surface area contributed by atoms with Gasteiger partial charge in [0, 0.05) is 24.0 Å². The van der Waals surface area contributed by atoms with Gasteiger partial charge in [-0.15, -0.1) is 0 Å². The molecular formula is C22H20ClN3O2. The largest absolute Gasteiger partial charge is 0.348 e. The minimum Gasteiger partial charge on any atom is -0.348 e. The van der Waals surface area contributed by atoms with E-state index in [1.807, 2.05) is 55.5 Å². The molecule has 2 amide bonds. The summed E-state index contributed by atoms with van der Waals surface area (Å²) in [6.07, 6.45) is 2.87. The number of nitrogens with zero attached hydrogens (tertiary/aromatic N) is 1. The zero-order valence-electron chi connectivity index (χ0n) is 15.4. The molecule has 0 aliphatic rings. The first-order chi connectivity index (χ1) is 13.5. The van der Waals surface area contributed by atoms with Gasteiger partial charge in [-0.05, 0) is 30.2 Å². The van der Waals surface area contributed by atoms with Crippen molar-refractivity contribution in [3.05, 3.63) is 100 Å². The summed E-state index contributed by atoms with van der Waals surface area (Å²) in [6, 6.07) is 18.3. The van der Waals surface area contributed by atoms with Crippen LogP contribution >= 0.6 is 11.6 Å². The maximum atomic E-state index is 12.5. The smallest absolute Gasteiger partial charge is 0.253 e. The van der Waals surface area contributed by atoms with Gasteiger partial charge in [-0.3, -0.25) is 14.6 Å². The van der Waals surface area contributed by atoms with Crippen LogP contribution in [0.25, 0.3) is 0 Å². The van der Waals surface area contributed by atoms with Crippen LogP contribution in [0.15, 0.2) is 73.1 Å². The molecule has 6 heteroatoms. The van der Waals surface area contributed by atoms with Crippen LogP contribution in [0.4, 0.5) is 0 Å². The summed E-state index contributed by atoms with van der Waals surface area (Å²) < 4.78 is 0. The van der Waals surface area contributed by atoms with Crippen molar-refractivity contribution in [1.29, 1.82) is 0 Å². The number of pyridine rings is 1. The first kappa shape index (κ1) is 19.6. The maximum absolute atomic E-state index is 12.5. The Morgan fingerprint density at radius 2 is 1.61 bits per heavy atom. The molecule has 0 spiro atoms. The molecule has 0 saturated heterocycles. The van der Waals surface area contributed by atoms with E-state index in [0.29, 0.717) is 22.7 Å². The molecule has 142 valence electrons. The fourth-order valence-corrected chi connectivity index (χ4v) is 2.92. The lowest BCUT2D eigenvalue weighted by Gasteiger charge is -2.14. The molecule has 0 saturated carbocycles. The molecule has 1 atom stereocenters. The maximum Gasteiger partial charge on any atom is 0.253 e. The highest BCUT2D eigenvalue weighted by Crippen LogP contribution is 2.15. The van der Waals surface area contributed by atoms with Crippen LogP contribution in [0, 0.1) is 0 Å². The predicted molar refractivity (Wildman–Crippen MR) is 109 cm³/mol. The second kappa shape index (κ2) is 9.15. The third-order valence-electron chi connectivity index (χ3n) is 4.31. The summed E-state index contributed by atoms with van der Waals surface area (Å²) in [5.74, 6) is -0.609. The normalized spacial score (nSPS) is 11.5. The minimum atomic E-state index is -0.321. The first-order valence-electron chi connectivity index (χ1n) is 8.87. The second-order valence-electron chi connectivity index (χ2n) is 6.34. The molecule has 2 N–H and O–H groups in total. The molecule has 0 fully saturated rings. The van der Waals surface area contributed by atoms with Crippen LogP contribution in [-0.2, 0) is 6.54 Å². The van der Waals surface area contributed by atoms with Crippen LogP contribution in [0.2, 0.25) is 5.02 Å². The number of nitrogens with one attached hydrogen (secondary N) is 2. The SMILES string of the molecule is CC(NC(=O)c1cncc(C(=O)NCc2ccccc2Cl)c1)c1ccccc1. The van der Waals surface area contributed by atoms with E-state index in [2.05, 4.69) is 15.6 Å². The van der Waals surface area contributed by atoms with Gasteiger partial charge < -0.3 is 10.6 Å². The number of amides is 2. The molecule has 1 unspecified atom stereocenters. The molecule has 1 aromatic heterocycles. The molecule has 5 nitrogen and oxygen atoms in total. The van der Waals surface area contributed by atoms with Crippen molar-refractivity contribution in [2.24, 2.45) is 0 Å². The standard InChI is InChI=1S/C22H20ClN3O2/c1-15(16-7-3-2-4-8-16)26-22(28)19-11-18(12-24-13-19)21(27)25-14-17-9-5-6-10-20(17)23/h2-13,15H,14H2,1H3,(H,25,27)(H,26,28). The Balaban J connectivity index is 1.65. The second-order valence-corrected chi connectivity index (χ2v) is 6.75. The number of benzene rings is 2. The summed E-state index contributed by atoms with van der Waals surface area (Å²) in [5.41, 5.74) is 2.45. The Bertz CT molecular complexity index is 976. The molecule has 0 bridgehead atoms. The zero-order valence-corrected chi connectivity index (χ0v) is 16.1. The number of carbonyl (C=O) groups is 2. The Morgan fingerprint density at radius 3 is 2.32 bits per heavy atom. The first-order valence-corrected chi connectivity index (χ1v) is 9.25. The summed E-state index contributed by atoms with van der Waals surface area (Å²) in [4.78, 5) is 29.0. The molecule has 0 radical (unpaired) electrons. The van der Waals surface area contributed by atoms with Gasteiger partial charge in [-0.1, -0.05) is 60.1 Å². The average Bonchev–Trinajstić information content (AvgIpc) is 2.73. The van der Waals surface area contributed by atoms with Gasteiger partial charge in [0.05, 0.1) is 17.2 Å². The van der Waals surface area contributed by atoms with Crippen LogP contribution < -0.4 is 10.6 Å². The van der Waals surface area contributed by atoms with E-state index in [9.17, 15) is 9.59 Å². The highest BCUT2D eigenvalue weighted by atomic mass is 35.5. The predicted octanol–water partition coefficient (Wildman–Crippen LogP) is 4.16. The Hall–Kier alpha value is -3.18. The topological polar surface area (TPSA) is 71.1 Å². The van der Waals surface area contributed by atoms with Gasteiger partial charge in [0.25, 0.3) is 11.8 Å². The van der Waals surface area contributed by atoms with Crippen molar-refractivity contribution in [2.45, 2.75) is 19.5 Å². The summed E-state index contributed by atoms with van der Waals surface area (Å²) >= 11 is 6.10. The Labute approximate surface area is 168 Å².